The highest BCUT2D eigenvalue weighted by atomic mass is 16.3. The standard InChI is InChI=1S/C23H29N7O3/c1-29-17(11-12-25-29)22(32)28-20(15-7-5-3-4-6-8-15)23(33)27-19-10-9-16(13-24-19)21-18(31)14-26-30(21)2/h9-15,20,31H,3-8H2,1-2H3,(H,28,32)(H,24,27,33). The highest BCUT2D eigenvalue weighted by Gasteiger charge is 2.31. The number of aryl methyl sites for hydroxylation is 2. The number of anilines is 1. The molecule has 174 valence electrons. The van der Waals surface area contributed by atoms with Gasteiger partial charge in [0.25, 0.3) is 5.91 Å². The summed E-state index contributed by atoms with van der Waals surface area (Å²) in [6.45, 7) is 0. The van der Waals surface area contributed by atoms with Gasteiger partial charge in [0.05, 0.1) is 6.20 Å². The fourth-order valence-electron chi connectivity index (χ4n) is 4.43. The minimum Gasteiger partial charge on any atom is -0.504 e. The zero-order valence-corrected chi connectivity index (χ0v) is 18.9. The Morgan fingerprint density at radius 3 is 2.36 bits per heavy atom. The van der Waals surface area contributed by atoms with E-state index in [1.807, 2.05) is 0 Å². The van der Waals surface area contributed by atoms with Crippen molar-refractivity contribution < 1.29 is 14.7 Å². The van der Waals surface area contributed by atoms with Gasteiger partial charge in [-0.3, -0.25) is 19.0 Å². The van der Waals surface area contributed by atoms with E-state index in [-0.39, 0.29) is 23.5 Å². The molecule has 3 aromatic heterocycles. The first-order valence-electron chi connectivity index (χ1n) is 11.2. The Balaban J connectivity index is 1.52. The monoisotopic (exact) mass is 451 g/mol. The highest BCUT2D eigenvalue weighted by molar-refractivity contribution is 6.00. The van der Waals surface area contributed by atoms with E-state index in [0.29, 0.717) is 22.8 Å². The molecule has 1 aliphatic carbocycles. The fourth-order valence-corrected chi connectivity index (χ4v) is 4.43. The summed E-state index contributed by atoms with van der Waals surface area (Å²) in [5.74, 6) is -0.132. The average Bonchev–Trinajstić information content (AvgIpc) is 3.26. The van der Waals surface area contributed by atoms with Gasteiger partial charge in [-0.25, -0.2) is 4.98 Å². The summed E-state index contributed by atoms with van der Waals surface area (Å²) in [6.07, 6.45) is 10.6. The van der Waals surface area contributed by atoms with E-state index in [9.17, 15) is 14.7 Å². The molecule has 2 amide bonds. The average molecular weight is 452 g/mol. The second-order valence-corrected chi connectivity index (χ2v) is 8.47. The minimum atomic E-state index is -0.673. The topological polar surface area (TPSA) is 127 Å². The van der Waals surface area contributed by atoms with Gasteiger partial charge in [0.1, 0.15) is 23.2 Å². The van der Waals surface area contributed by atoms with Crippen LogP contribution < -0.4 is 10.6 Å². The molecule has 3 aromatic rings. The van der Waals surface area contributed by atoms with E-state index in [2.05, 4.69) is 25.8 Å². The Morgan fingerprint density at radius 1 is 1.03 bits per heavy atom. The molecule has 1 fully saturated rings. The molecule has 3 heterocycles. The highest BCUT2D eigenvalue weighted by Crippen LogP contribution is 2.29. The minimum absolute atomic E-state index is 0.0512. The summed E-state index contributed by atoms with van der Waals surface area (Å²) in [7, 11) is 3.42. The van der Waals surface area contributed by atoms with Gasteiger partial charge in [0.2, 0.25) is 5.91 Å². The maximum Gasteiger partial charge on any atom is 0.270 e. The molecule has 4 rings (SSSR count). The van der Waals surface area contributed by atoms with Crippen LogP contribution in [0.15, 0.2) is 36.8 Å². The number of aromatic hydroxyl groups is 1. The summed E-state index contributed by atoms with van der Waals surface area (Å²) < 4.78 is 3.05. The second-order valence-electron chi connectivity index (χ2n) is 8.47. The maximum atomic E-state index is 13.3. The van der Waals surface area contributed by atoms with Gasteiger partial charge < -0.3 is 15.7 Å². The van der Waals surface area contributed by atoms with E-state index in [1.54, 1.807) is 49.4 Å². The van der Waals surface area contributed by atoms with Crippen molar-refractivity contribution in [2.45, 2.75) is 44.6 Å². The van der Waals surface area contributed by atoms with Gasteiger partial charge in [-0.1, -0.05) is 25.7 Å². The summed E-state index contributed by atoms with van der Waals surface area (Å²) in [4.78, 5) is 30.5. The number of carbonyl (C=O) groups excluding carboxylic acids is 2. The zero-order chi connectivity index (χ0) is 23.4. The number of hydrogen-bond donors (Lipinski definition) is 3. The fraction of sp³-hybridized carbons (Fsp3) is 0.435. The molecule has 10 heteroatoms. The van der Waals surface area contributed by atoms with Crippen molar-refractivity contribution in [2.75, 3.05) is 5.32 Å². The molecule has 1 saturated carbocycles. The molecule has 0 radical (unpaired) electrons. The van der Waals surface area contributed by atoms with E-state index in [4.69, 9.17) is 0 Å². The van der Waals surface area contributed by atoms with Crippen molar-refractivity contribution in [1.82, 2.24) is 29.9 Å². The van der Waals surface area contributed by atoms with Crippen LogP contribution >= 0.6 is 0 Å². The third kappa shape index (κ3) is 5.05. The summed E-state index contributed by atoms with van der Waals surface area (Å²) in [5.41, 5.74) is 1.62. The van der Waals surface area contributed by atoms with Crippen LogP contribution in [0, 0.1) is 5.92 Å². The lowest BCUT2D eigenvalue weighted by atomic mass is 9.91. The SMILES string of the molecule is Cn1nccc1C(=O)NC(C(=O)Nc1ccc(-c2c(O)cnn2C)cn1)C1CCCCCC1. The lowest BCUT2D eigenvalue weighted by molar-refractivity contribution is -0.119. The smallest absolute Gasteiger partial charge is 0.270 e. The Hall–Kier alpha value is -3.69. The van der Waals surface area contributed by atoms with Crippen LogP contribution in [0.1, 0.15) is 49.0 Å². The summed E-state index contributed by atoms with van der Waals surface area (Å²) >= 11 is 0. The Kier molecular flexibility index (Phi) is 6.71. The lowest BCUT2D eigenvalue weighted by Crippen LogP contribution is -2.49. The van der Waals surface area contributed by atoms with Crippen molar-refractivity contribution in [3.63, 3.8) is 0 Å². The first-order chi connectivity index (χ1) is 15.9. The van der Waals surface area contributed by atoms with E-state index >= 15 is 0 Å². The molecular formula is C23H29N7O3. The molecule has 0 spiro atoms. The van der Waals surface area contributed by atoms with Gasteiger partial charge in [0.15, 0.2) is 5.75 Å². The third-order valence-electron chi connectivity index (χ3n) is 6.20. The molecule has 0 aliphatic heterocycles. The van der Waals surface area contributed by atoms with Crippen molar-refractivity contribution in [2.24, 2.45) is 20.0 Å². The van der Waals surface area contributed by atoms with Crippen LogP contribution in [-0.2, 0) is 18.9 Å². The van der Waals surface area contributed by atoms with Gasteiger partial charge in [-0.15, -0.1) is 0 Å². The van der Waals surface area contributed by atoms with E-state index < -0.39 is 6.04 Å². The summed E-state index contributed by atoms with van der Waals surface area (Å²) in [6, 6.07) is 4.39. The molecule has 0 saturated heterocycles. The molecule has 10 nitrogen and oxygen atoms in total. The number of pyridine rings is 1. The number of aromatic nitrogens is 5. The maximum absolute atomic E-state index is 13.3. The van der Waals surface area contributed by atoms with Crippen LogP contribution in [0.3, 0.4) is 0 Å². The van der Waals surface area contributed by atoms with Crippen LogP contribution in [0.2, 0.25) is 0 Å². The molecule has 0 bridgehead atoms. The number of rotatable bonds is 6. The van der Waals surface area contributed by atoms with Crippen molar-refractivity contribution in [3.8, 4) is 17.0 Å². The number of nitrogens with one attached hydrogen (secondary N) is 2. The van der Waals surface area contributed by atoms with Crippen LogP contribution in [-0.4, -0.2) is 47.5 Å². The molecule has 1 unspecified atom stereocenters. The molecule has 0 aromatic carbocycles. The van der Waals surface area contributed by atoms with Crippen LogP contribution in [0.4, 0.5) is 5.82 Å². The molecular weight excluding hydrogens is 422 g/mol. The van der Waals surface area contributed by atoms with E-state index in [1.165, 1.54) is 10.9 Å². The third-order valence-corrected chi connectivity index (χ3v) is 6.20. The number of carbonyl (C=O) groups is 2. The largest absolute Gasteiger partial charge is 0.504 e. The Labute approximate surface area is 192 Å². The van der Waals surface area contributed by atoms with Crippen molar-refractivity contribution in [3.05, 3.63) is 42.5 Å². The van der Waals surface area contributed by atoms with Crippen molar-refractivity contribution in [1.29, 1.82) is 0 Å². The predicted molar refractivity (Wildman–Crippen MR) is 122 cm³/mol. The van der Waals surface area contributed by atoms with Gasteiger partial charge in [0, 0.05) is 32.1 Å². The molecule has 1 atom stereocenters. The van der Waals surface area contributed by atoms with Crippen molar-refractivity contribution >= 4 is 17.6 Å². The van der Waals surface area contributed by atoms with E-state index in [0.717, 1.165) is 38.5 Å². The quantitative estimate of drug-likeness (QED) is 0.495. The first kappa shape index (κ1) is 22.5. The van der Waals surface area contributed by atoms with Crippen LogP contribution in [0.25, 0.3) is 11.3 Å². The Morgan fingerprint density at radius 2 is 1.79 bits per heavy atom. The predicted octanol–water partition coefficient (Wildman–Crippen LogP) is 2.63. The first-order valence-corrected chi connectivity index (χ1v) is 11.2. The van der Waals surface area contributed by atoms with Gasteiger partial charge in [-0.2, -0.15) is 10.2 Å². The lowest BCUT2D eigenvalue weighted by Gasteiger charge is -2.26. The summed E-state index contributed by atoms with van der Waals surface area (Å²) in [5, 5.41) is 23.9. The molecule has 33 heavy (non-hydrogen) atoms. The number of amides is 2. The number of nitrogens with zero attached hydrogens (tertiary/aromatic N) is 5. The zero-order valence-electron chi connectivity index (χ0n) is 18.9. The van der Waals surface area contributed by atoms with Gasteiger partial charge >= 0.3 is 0 Å². The molecule has 1 aliphatic rings. The normalized spacial score (nSPS) is 15.6. The van der Waals surface area contributed by atoms with Gasteiger partial charge in [-0.05, 0) is 37.0 Å². The Bertz CT molecular complexity index is 1090. The second kappa shape index (κ2) is 9.85. The van der Waals surface area contributed by atoms with Crippen LogP contribution in [0.5, 0.6) is 5.75 Å². The molecule has 3 N–H and O–H groups in total. The number of hydrogen-bond acceptors (Lipinski definition) is 6.